The van der Waals surface area contributed by atoms with Gasteiger partial charge in [0.25, 0.3) is 5.91 Å². The van der Waals surface area contributed by atoms with E-state index in [-0.39, 0.29) is 23.9 Å². The molecule has 1 amide bonds. The third-order valence-corrected chi connectivity index (χ3v) is 3.82. The summed E-state index contributed by atoms with van der Waals surface area (Å²) in [6.45, 7) is 2.45. The van der Waals surface area contributed by atoms with Crippen LogP contribution >= 0.6 is 0 Å². The van der Waals surface area contributed by atoms with E-state index in [4.69, 9.17) is 13.9 Å². The zero-order valence-corrected chi connectivity index (χ0v) is 15.0. The van der Waals surface area contributed by atoms with Gasteiger partial charge in [-0.05, 0) is 31.2 Å². The molecule has 0 unspecified atom stereocenters. The van der Waals surface area contributed by atoms with Crippen LogP contribution in [0.25, 0.3) is 11.5 Å². The van der Waals surface area contributed by atoms with Crippen molar-refractivity contribution in [1.29, 1.82) is 0 Å². The van der Waals surface area contributed by atoms with E-state index >= 15 is 0 Å². The van der Waals surface area contributed by atoms with Crippen molar-refractivity contribution in [3.63, 3.8) is 0 Å². The molecular formula is C20H19FN2O4. The van der Waals surface area contributed by atoms with Gasteiger partial charge in [0, 0.05) is 6.07 Å². The Hall–Kier alpha value is -3.35. The van der Waals surface area contributed by atoms with Crippen LogP contribution in [-0.2, 0) is 6.54 Å². The van der Waals surface area contributed by atoms with Crippen molar-refractivity contribution >= 4 is 5.91 Å². The first-order chi connectivity index (χ1) is 13.1. The average Bonchev–Trinajstić information content (AvgIpc) is 3.15. The van der Waals surface area contributed by atoms with Crippen molar-refractivity contribution in [1.82, 2.24) is 10.3 Å². The van der Waals surface area contributed by atoms with Gasteiger partial charge in [-0.2, -0.15) is 0 Å². The second-order valence-corrected chi connectivity index (χ2v) is 5.60. The lowest BCUT2D eigenvalue weighted by Crippen LogP contribution is -2.23. The molecule has 27 heavy (non-hydrogen) atoms. The third kappa shape index (κ3) is 4.25. The molecule has 140 valence electrons. The molecule has 0 aliphatic heterocycles. The van der Waals surface area contributed by atoms with Gasteiger partial charge in [0.05, 0.1) is 37.1 Å². The van der Waals surface area contributed by atoms with Gasteiger partial charge in [0.15, 0.2) is 0 Å². The van der Waals surface area contributed by atoms with Gasteiger partial charge in [0.2, 0.25) is 5.89 Å². The Balaban J connectivity index is 1.69. The van der Waals surface area contributed by atoms with Crippen LogP contribution in [0.1, 0.15) is 23.0 Å². The lowest BCUT2D eigenvalue weighted by atomic mass is 10.2. The molecule has 1 N–H and O–H groups in total. The number of amides is 1. The molecular weight excluding hydrogens is 351 g/mol. The number of para-hydroxylation sites is 1. The number of carbonyl (C=O) groups excluding carboxylic acids is 1. The number of nitrogens with one attached hydrogen (secondary N) is 1. The summed E-state index contributed by atoms with van der Waals surface area (Å²) in [4.78, 5) is 16.6. The fourth-order valence-electron chi connectivity index (χ4n) is 2.51. The molecule has 0 spiro atoms. The molecule has 2 aromatic carbocycles. The lowest BCUT2D eigenvalue weighted by Gasteiger charge is -2.09. The molecule has 0 aliphatic carbocycles. The molecule has 1 heterocycles. The Kier molecular flexibility index (Phi) is 5.71. The second kappa shape index (κ2) is 8.35. The predicted octanol–water partition coefficient (Wildman–Crippen LogP) is 3.82. The van der Waals surface area contributed by atoms with Gasteiger partial charge in [-0.3, -0.25) is 4.79 Å². The zero-order chi connectivity index (χ0) is 19.2. The van der Waals surface area contributed by atoms with E-state index < -0.39 is 5.82 Å². The topological polar surface area (TPSA) is 73.6 Å². The van der Waals surface area contributed by atoms with E-state index in [0.717, 1.165) is 0 Å². The van der Waals surface area contributed by atoms with Gasteiger partial charge < -0.3 is 19.2 Å². The fourth-order valence-corrected chi connectivity index (χ4v) is 2.51. The maximum Gasteiger partial charge on any atom is 0.255 e. The van der Waals surface area contributed by atoms with Gasteiger partial charge in [-0.15, -0.1) is 0 Å². The Morgan fingerprint density at radius 1 is 1.26 bits per heavy atom. The van der Waals surface area contributed by atoms with Crippen molar-refractivity contribution in [2.75, 3.05) is 13.7 Å². The van der Waals surface area contributed by atoms with Gasteiger partial charge in [-0.25, -0.2) is 9.37 Å². The third-order valence-electron chi connectivity index (χ3n) is 3.82. The van der Waals surface area contributed by atoms with Crippen LogP contribution in [0.15, 0.2) is 53.1 Å². The summed E-state index contributed by atoms with van der Waals surface area (Å²) in [5, 5.41) is 2.76. The van der Waals surface area contributed by atoms with E-state index in [1.807, 2.05) is 6.92 Å². The Labute approximate surface area is 155 Å². The van der Waals surface area contributed by atoms with E-state index in [1.54, 1.807) is 30.3 Å². The molecule has 1 aromatic heterocycles. The SMILES string of the molecule is CCOc1ccccc1C(=O)NCc1coc(-c2ccc(OC)cc2F)n1. The molecule has 6 nitrogen and oxygen atoms in total. The van der Waals surface area contributed by atoms with E-state index in [9.17, 15) is 9.18 Å². The standard InChI is InChI=1S/C20H19FN2O4/c1-3-26-18-7-5-4-6-16(18)19(24)22-11-13-12-27-20(23-13)15-9-8-14(25-2)10-17(15)21/h4-10,12H,3,11H2,1-2H3,(H,22,24). The quantitative estimate of drug-likeness (QED) is 0.684. The minimum atomic E-state index is -0.502. The number of hydrogen-bond acceptors (Lipinski definition) is 5. The van der Waals surface area contributed by atoms with Crippen LogP contribution in [0, 0.1) is 5.82 Å². The van der Waals surface area contributed by atoms with Crippen molar-refractivity contribution in [2.24, 2.45) is 0 Å². The van der Waals surface area contributed by atoms with E-state index in [2.05, 4.69) is 10.3 Å². The normalized spacial score (nSPS) is 10.5. The highest BCUT2D eigenvalue weighted by atomic mass is 19.1. The fraction of sp³-hybridized carbons (Fsp3) is 0.200. The maximum absolute atomic E-state index is 14.1. The van der Waals surface area contributed by atoms with Crippen molar-refractivity contribution < 1.29 is 23.1 Å². The lowest BCUT2D eigenvalue weighted by molar-refractivity contribution is 0.0946. The largest absolute Gasteiger partial charge is 0.497 e. The maximum atomic E-state index is 14.1. The van der Waals surface area contributed by atoms with Crippen molar-refractivity contribution in [3.05, 3.63) is 65.8 Å². The summed E-state index contributed by atoms with van der Waals surface area (Å²) in [5.74, 6) is 0.257. The first-order valence-electron chi connectivity index (χ1n) is 8.40. The molecule has 7 heteroatoms. The summed E-state index contributed by atoms with van der Waals surface area (Å²) in [6, 6.07) is 11.4. The van der Waals surface area contributed by atoms with Crippen LogP contribution in [0.3, 0.4) is 0 Å². The number of benzene rings is 2. The Morgan fingerprint density at radius 2 is 2.07 bits per heavy atom. The number of aromatic nitrogens is 1. The summed E-state index contributed by atoms with van der Waals surface area (Å²) in [5.41, 5.74) is 1.13. The molecule has 0 radical (unpaired) electrons. The highest BCUT2D eigenvalue weighted by Crippen LogP contribution is 2.25. The Bertz CT molecular complexity index is 939. The van der Waals surface area contributed by atoms with Gasteiger partial charge in [0.1, 0.15) is 23.6 Å². The molecule has 3 rings (SSSR count). The molecule has 0 saturated carbocycles. The van der Waals surface area contributed by atoms with Crippen molar-refractivity contribution in [3.8, 4) is 23.0 Å². The first-order valence-corrected chi connectivity index (χ1v) is 8.40. The molecule has 3 aromatic rings. The summed E-state index contributed by atoms with van der Waals surface area (Å²) < 4.78 is 29.9. The molecule has 0 aliphatic rings. The van der Waals surface area contributed by atoms with Crippen LogP contribution in [0.4, 0.5) is 4.39 Å². The molecule has 0 fully saturated rings. The Morgan fingerprint density at radius 3 is 2.81 bits per heavy atom. The number of nitrogens with zero attached hydrogens (tertiary/aromatic N) is 1. The highest BCUT2D eigenvalue weighted by molar-refractivity contribution is 5.96. The van der Waals surface area contributed by atoms with Crippen LogP contribution in [0.2, 0.25) is 0 Å². The number of methoxy groups -OCH3 is 1. The van der Waals surface area contributed by atoms with Crippen LogP contribution < -0.4 is 14.8 Å². The summed E-state index contributed by atoms with van der Waals surface area (Å²) in [6.07, 6.45) is 1.38. The number of carbonyl (C=O) groups is 1. The first kappa shape index (κ1) is 18.4. The van der Waals surface area contributed by atoms with Crippen molar-refractivity contribution in [2.45, 2.75) is 13.5 Å². The van der Waals surface area contributed by atoms with Gasteiger partial charge >= 0.3 is 0 Å². The van der Waals surface area contributed by atoms with Gasteiger partial charge in [-0.1, -0.05) is 12.1 Å². The minimum Gasteiger partial charge on any atom is -0.497 e. The molecule has 0 bridgehead atoms. The molecule has 0 atom stereocenters. The second-order valence-electron chi connectivity index (χ2n) is 5.60. The minimum absolute atomic E-state index is 0.133. The zero-order valence-electron chi connectivity index (χ0n) is 15.0. The number of oxazole rings is 1. The average molecular weight is 370 g/mol. The van der Waals surface area contributed by atoms with E-state index in [0.29, 0.717) is 29.4 Å². The van der Waals surface area contributed by atoms with Crippen LogP contribution in [0.5, 0.6) is 11.5 Å². The number of halogens is 1. The molecule has 0 saturated heterocycles. The number of ether oxygens (including phenoxy) is 2. The monoisotopic (exact) mass is 370 g/mol. The number of hydrogen-bond donors (Lipinski definition) is 1. The highest BCUT2D eigenvalue weighted by Gasteiger charge is 2.15. The smallest absolute Gasteiger partial charge is 0.255 e. The van der Waals surface area contributed by atoms with Crippen LogP contribution in [-0.4, -0.2) is 24.6 Å². The van der Waals surface area contributed by atoms with E-state index in [1.165, 1.54) is 25.5 Å². The summed E-state index contributed by atoms with van der Waals surface area (Å²) in [7, 11) is 1.46. The predicted molar refractivity (Wildman–Crippen MR) is 97.2 cm³/mol. The number of rotatable bonds is 7. The summed E-state index contributed by atoms with van der Waals surface area (Å²) >= 11 is 0.